The summed E-state index contributed by atoms with van der Waals surface area (Å²) in [7, 11) is 0. The van der Waals surface area contributed by atoms with Gasteiger partial charge in [0, 0.05) is 16.2 Å². The highest BCUT2D eigenvalue weighted by atomic mass is 35.5. The molecule has 34 heavy (non-hydrogen) atoms. The van der Waals surface area contributed by atoms with Crippen LogP contribution in [0, 0.1) is 0 Å². The van der Waals surface area contributed by atoms with Gasteiger partial charge < -0.3 is 4.74 Å². The number of aliphatic imine (C=N–C) groups is 1. The van der Waals surface area contributed by atoms with E-state index in [0.29, 0.717) is 22.9 Å². The topological polar surface area (TPSA) is 21.6 Å². The van der Waals surface area contributed by atoms with E-state index in [9.17, 15) is 26.3 Å². The lowest BCUT2D eigenvalue weighted by atomic mass is 9.99. The van der Waals surface area contributed by atoms with Gasteiger partial charge in [-0.3, -0.25) is 0 Å². The van der Waals surface area contributed by atoms with E-state index in [2.05, 4.69) is 4.99 Å². The standard InChI is InChI=1S/C24H14ClF6NOS/c25-18-13-11-17(12-14-18)20-32-22(23(26,27)28,24(29,30)31)33-21(34-20)19(15-7-3-1-4-8-15)16-9-5-2-6-10-16/h1-14H. The monoisotopic (exact) mass is 513 g/mol. The Balaban J connectivity index is 2.04. The van der Waals surface area contributed by atoms with E-state index >= 15 is 0 Å². The van der Waals surface area contributed by atoms with Crippen LogP contribution in [0.25, 0.3) is 5.57 Å². The molecule has 0 atom stereocenters. The van der Waals surface area contributed by atoms with Crippen molar-refractivity contribution in [2.24, 2.45) is 4.99 Å². The number of hydrogen-bond acceptors (Lipinski definition) is 3. The molecule has 3 aromatic carbocycles. The summed E-state index contributed by atoms with van der Waals surface area (Å²) in [5.74, 6) is 0. The Morgan fingerprint density at radius 2 is 1.21 bits per heavy atom. The van der Waals surface area contributed by atoms with Gasteiger partial charge in [0.25, 0.3) is 0 Å². The summed E-state index contributed by atoms with van der Waals surface area (Å²) in [6.45, 7) is 0. The number of ether oxygens (including phenoxy) is 1. The van der Waals surface area contributed by atoms with Gasteiger partial charge in [0.1, 0.15) is 5.04 Å². The summed E-state index contributed by atoms with van der Waals surface area (Å²) in [5, 5.41) is -0.812. The molecule has 1 heterocycles. The third-order valence-corrected chi connectivity index (χ3v) is 6.12. The highest BCUT2D eigenvalue weighted by molar-refractivity contribution is 8.17. The van der Waals surface area contributed by atoms with Crippen LogP contribution in [0.3, 0.4) is 0 Å². The normalized spacial score (nSPS) is 16.0. The molecule has 1 aliphatic rings. The van der Waals surface area contributed by atoms with E-state index in [1.54, 1.807) is 60.7 Å². The van der Waals surface area contributed by atoms with Crippen molar-refractivity contribution in [1.29, 1.82) is 0 Å². The Kier molecular flexibility index (Phi) is 6.44. The smallest absolute Gasteiger partial charge is 0.442 e. The Morgan fingerprint density at radius 1 is 0.735 bits per heavy atom. The molecule has 0 N–H and O–H groups in total. The van der Waals surface area contributed by atoms with Crippen molar-refractivity contribution < 1.29 is 31.1 Å². The minimum Gasteiger partial charge on any atom is -0.442 e. The van der Waals surface area contributed by atoms with Crippen LogP contribution in [-0.2, 0) is 4.74 Å². The fraction of sp³-hybridized carbons (Fsp3) is 0.125. The van der Waals surface area contributed by atoms with Gasteiger partial charge in [0.15, 0.2) is 5.09 Å². The molecule has 2 nitrogen and oxygen atoms in total. The molecule has 0 saturated carbocycles. The van der Waals surface area contributed by atoms with Gasteiger partial charge >= 0.3 is 18.1 Å². The lowest BCUT2D eigenvalue weighted by molar-refractivity contribution is -0.366. The summed E-state index contributed by atoms with van der Waals surface area (Å²) >= 11 is 6.44. The first kappa shape index (κ1) is 24.2. The summed E-state index contributed by atoms with van der Waals surface area (Å²) < 4.78 is 89.3. The zero-order chi connectivity index (χ0) is 24.6. The second-order valence-electron chi connectivity index (χ2n) is 7.16. The maximum absolute atomic E-state index is 14.1. The second-order valence-corrected chi connectivity index (χ2v) is 8.56. The van der Waals surface area contributed by atoms with Gasteiger partial charge in [-0.15, -0.1) is 0 Å². The molecule has 4 rings (SSSR count). The van der Waals surface area contributed by atoms with Crippen LogP contribution in [0.5, 0.6) is 0 Å². The molecule has 0 aliphatic carbocycles. The Labute approximate surface area is 199 Å². The van der Waals surface area contributed by atoms with Crippen LogP contribution in [0.4, 0.5) is 26.3 Å². The van der Waals surface area contributed by atoms with Crippen molar-refractivity contribution in [3.63, 3.8) is 0 Å². The molecule has 0 spiro atoms. The predicted molar refractivity (Wildman–Crippen MR) is 120 cm³/mol. The van der Waals surface area contributed by atoms with Crippen molar-refractivity contribution in [2.45, 2.75) is 18.1 Å². The van der Waals surface area contributed by atoms with Gasteiger partial charge in [-0.2, -0.15) is 26.3 Å². The first-order valence-electron chi connectivity index (χ1n) is 9.73. The maximum atomic E-state index is 14.1. The quantitative estimate of drug-likeness (QED) is 0.330. The number of rotatable bonds is 3. The van der Waals surface area contributed by atoms with Gasteiger partial charge in [-0.1, -0.05) is 84.4 Å². The number of thioether (sulfide) groups is 1. The van der Waals surface area contributed by atoms with Crippen LogP contribution >= 0.6 is 23.4 Å². The molecule has 0 radical (unpaired) electrons. The van der Waals surface area contributed by atoms with Gasteiger partial charge in [0.05, 0.1) is 0 Å². The second kappa shape index (κ2) is 9.03. The average Bonchev–Trinajstić information content (AvgIpc) is 2.79. The lowest BCUT2D eigenvalue weighted by Gasteiger charge is -2.38. The molecule has 3 aromatic rings. The predicted octanol–water partition coefficient (Wildman–Crippen LogP) is 8.09. The van der Waals surface area contributed by atoms with Crippen molar-refractivity contribution in [1.82, 2.24) is 0 Å². The molecule has 10 heteroatoms. The molecule has 176 valence electrons. The largest absolute Gasteiger partial charge is 0.460 e. The summed E-state index contributed by atoms with van der Waals surface area (Å²) in [5.41, 5.74) is -3.91. The number of alkyl halides is 6. The maximum Gasteiger partial charge on any atom is 0.460 e. The van der Waals surface area contributed by atoms with Crippen molar-refractivity contribution in [3.05, 3.63) is 112 Å². The van der Waals surface area contributed by atoms with Crippen LogP contribution in [0.2, 0.25) is 5.02 Å². The summed E-state index contributed by atoms with van der Waals surface area (Å²) in [4.78, 5) is 3.11. The molecular weight excluding hydrogens is 500 g/mol. The third-order valence-electron chi connectivity index (χ3n) is 4.88. The van der Waals surface area contributed by atoms with Crippen LogP contribution in [0.15, 0.2) is 95.0 Å². The molecule has 0 fully saturated rings. The van der Waals surface area contributed by atoms with E-state index < -0.39 is 28.2 Å². The first-order chi connectivity index (χ1) is 16.0. The van der Waals surface area contributed by atoms with Gasteiger partial charge in [-0.25, -0.2) is 4.99 Å². The van der Waals surface area contributed by atoms with Crippen LogP contribution < -0.4 is 0 Å². The molecule has 0 saturated heterocycles. The Hall–Kier alpha value is -2.91. The van der Waals surface area contributed by atoms with Crippen molar-refractivity contribution >= 4 is 34.0 Å². The molecular formula is C24H14ClF6NOS. The number of nitrogens with zero attached hydrogens (tertiary/aromatic N) is 1. The molecule has 1 aliphatic heterocycles. The summed E-state index contributed by atoms with van der Waals surface area (Å²) in [6.07, 6.45) is -11.8. The fourth-order valence-electron chi connectivity index (χ4n) is 3.26. The van der Waals surface area contributed by atoms with Crippen molar-refractivity contribution in [2.75, 3.05) is 0 Å². The van der Waals surface area contributed by atoms with E-state index in [0.717, 1.165) is 0 Å². The average molecular weight is 514 g/mol. The molecule has 0 aromatic heterocycles. The van der Waals surface area contributed by atoms with E-state index in [1.165, 1.54) is 24.3 Å². The minimum absolute atomic E-state index is 0.0357. The number of hydrogen-bond donors (Lipinski definition) is 0. The third kappa shape index (κ3) is 4.54. The lowest BCUT2D eigenvalue weighted by Crippen LogP contribution is -2.58. The fourth-order valence-corrected chi connectivity index (χ4v) is 4.49. The minimum atomic E-state index is -5.90. The van der Waals surface area contributed by atoms with E-state index in [4.69, 9.17) is 16.3 Å². The van der Waals surface area contributed by atoms with Crippen LogP contribution in [0.1, 0.15) is 16.7 Å². The number of benzene rings is 3. The Morgan fingerprint density at radius 3 is 1.65 bits per heavy atom. The first-order valence-corrected chi connectivity index (χ1v) is 10.9. The van der Waals surface area contributed by atoms with Crippen molar-refractivity contribution in [3.8, 4) is 0 Å². The molecule has 0 amide bonds. The highest BCUT2D eigenvalue weighted by Crippen LogP contribution is 2.54. The zero-order valence-corrected chi connectivity index (χ0v) is 18.6. The van der Waals surface area contributed by atoms with E-state index in [-0.39, 0.29) is 16.2 Å². The van der Waals surface area contributed by atoms with Gasteiger partial charge in [0.2, 0.25) is 0 Å². The number of halogens is 7. The van der Waals surface area contributed by atoms with E-state index in [1.807, 2.05) is 0 Å². The van der Waals surface area contributed by atoms with Crippen LogP contribution in [-0.4, -0.2) is 23.1 Å². The zero-order valence-electron chi connectivity index (χ0n) is 17.0. The summed E-state index contributed by atoms with van der Waals surface area (Å²) in [6, 6.07) is 21.5. The molecule has 0 bridgehead atoms. The Bertz CT molecular complexity index is 1170. The molecule has 0 unspecified atom stereocenters. The SMILES string of the molecule is FC(F)(F)C1(C(F)(F)F)N=C(c2ccc(Cl)cc2)SC(=C(c2ccccc2)c2ccccc2)O1. The van der Waals surface area contributed by atoms with Gasteiger partial charge in [-0.05, 0) is 35.0 Å². The highest BCUT2D eigenvalue weighted by Gasteiger charge is 2.76.